The van der Waals surface area contributed by atoms with Crippen LogP contribution in [0, 0.1) is 6.92 Å². The summed E-state index contributed by atoms with van der Waals surface area (Å²) >= 11 is 0. The minimum atomic E-state index is -0.879. The number of carboxylic acid groups (broad SMARTS) is 1. The van der Waals surface area contributed by atoms with Gasteiger partial charge in [0, 0.05) is 0 Å². The standard InChI is InChI=1S/C16H16O2/c1-3-12-8-9-14(16(17)18)15(10-12)13-7-5-4-6-11(13)2/h4-10H,3H2,1-2H3,(H,17,18). The van der Waals surface area contributed by atoms with E-state index in [1.54, 1.807) is 6.07 Å². The summed E-state index contributed by atoms with van der Waals surface area (Å²) in [5, 5.41) is 9.28. The summed E-state index contributed by atoms with van der Waals surface area (Å²) in [6.07, 6.45) is 0.902. The highest BCUT2D eigenvalue weighted by Gasteiger charge is 2.13. The lowest BCUT2D eigenvalue weighted by Crippen LogP contribution is -2.01. The van der Waals surface area contributed by atoms with Crippen LogP contribution in [-0.2, 0) is 6.42 Å². The first-order chi connectivity index (χ1) is 8.63. The molecule has 2 aromatic rings. The SMILES string of the molecule is CCc1ccc(C(=O)O)c(-c2ccccc2C)c1. The molecule has 0 spiro atoms. The lowest BCUT2D eigenvalue weighted by molar-refractivity contribution is 0.0697. The summed E-state index contributed by atoms with van der Waals surface area (Å²) in [5.74, 6) is -0.879. The van der Waals surface area contributed by atoms with Crippen molar-refractivity contribution in [2.45, 2.75) is 20.3 Å². The third-order valence-corrected chi connectivity index (χ3v) is 3.16. The van der Waals surface area contributed by atoms with Crippen molar-refractivity contribution in [3.63, 3.8) is 0 Å². The smallest absolute Gasteiger partial charge is 0.336 e. The number of carbonyl (C=O) groups is 1. The monoisotopic (exact) mass is 240 g/mol. The second kappa shape index (κ2) is 5.05. The number of carboxylic acids is 1. The summed E-state index contributed by atoms with van der Waals surface area (Å²) < 4.78 is 0. The minimum absolute atomic E-state index is 0.363. The van der Waals surface area contributed by atoms with Gasteiger partial charge >= 0.3 is 5.97 Å². The van der Waals surface area contributed by atoms with Crippen molar-refractivity contribution in [2.75, 3.05) is 0 Å². The molecule has 0 unspecified atom stereocenters. The number of hydrogen-bond donors (Lipinski definition) is 1. The van der Waals surface area contributed by atoms with Gasteiger partial charge < -0.3 is 5.11 Å². The first-order valence-corrected chi connectivity index (χ1v) is 6.05. The highest BCUT2D eigenvalue weighted by atomic mass is 16.4. The molecule has 0 radical (unpaired) electrons. The molecule has 0 saturated carbocycles. The molecule has 0 amide bonds. The molecule has 1 N–H and O–H groups in total. The van der Waals surface area contributed by atoms with E-state index in [1.165, 1.54) is 0 Å². The predicted molar refractivity (Wildman–Crippen MR) is 73.0 cm³/mol. The van der Waals surface area contributed by atoms with Crippen molar-refractivity contribution in [1.29, 1.82) is 0 Å². The van der Waals surface area contributed by atoms with E-state index >= 15 is 0 Å². The maximum atomic E-state index is 11.3. The largest absolute Gasteiger partial charge is 0.478 e. The van der Waals surface area contributed by atoms with Crippen molar-refractivity contribution in [3.05, 3.63) is 59.2 Å². The molecule has 2 rings (SSSR count). The van der Waals surface area contributed by atoms with Crippen molar-refractivity contribution in [2.24, 2.45) is 0 Å². The Hall–Kier alpha value is -2.09. The Bertz CT molecular complexity index is 585. The first kappa shape index (κ1) is 12.4. The van der Waals surface area contributed by atoms with Gasteiger partial charge in [0.05, 0.1) is 5.56 Å². The fourth-order valence-corrected chi connectivity index (χ4v) is 2.10. The van der Waals surface area contributed by atoms with Crippen molar-refractivity contribution >= 4 is 5.97 Å². The van der Waals surface area contributed by atoms with Crippen LogP contribution in [0.3, 0.4) is 0 Å². The molecular formula is C16H16O2. The van der Waals surface area contributed by atoms with Crippen LogP contribution >= 0.6 is 0 Å². The van der Waals surface area contributed by atoms with Crippen LogP contribution in [0.5, 0.6) is 0 Å². The van der Waals surface area contributed by atoms with Crippen LogP contribution in [0.25, 0.3) is 11.1 Å². The average molecular weight is 240 g/mol. The van der Waals surface area contributed by atoms with Gasteiger partial charge in [-0.25, -0.2) is 4.79 Å². The molecule has 2 aromatic carbocycles. The van der Waals surface area contributed by atoms with Gasteiger partial charge in [0.25, 0.3) is 0 Å². The Morgan fingerprint density at radius 2 is 1.83 bits per heavy atom. The van der Waals surface area contributed by atoms with Crippen LogP contribution in [0.1, 0.15) is 28.4 Å². The van der Waals surface area contributed by atoms with E-state index in [0.717, 1.165) is 28.7 Å². The number of benzene rings is 2. The van der Waals surface area contributed by atoms with Gasteiger partial charge in [0.2, 0.25) is 0 Å². The van der Waals surface area contributed by atoms with Gasteiger partial charge in [-0.1, -0.05) is 43.3 Å². The predicted octanol–water partition coefficient (Wildman–Crippen LogP) is 3.92. The zero-order valence-corrected chi connectivity index (χ0v) is 10.6. The van der Waals surface area contributed by atoms with Gasteiger partial charge in [0.1, 0.15) is 0 Å². The maximum Gasteiger partial charge on any atom is 0.336 e. The topological polar surface area (TPSA) is 37.3 Å². The van der Waals surface area contributed by atoms with Crippen molar-refractivity contribution in [1.82, 2.24) is 0 Å². The van der Waals surface area contributed by atoms with Crippen LogP contribution in [0.2, 0.25) is 0 Å². The van der Waals surface area contributed by atoms with Crippen LogP contribution in [-0.4, -0.2) is 11.1 Å². The van der Waals surface area contributed by atoms with Gasteiger partial charge in [-0.3, -0.25) is 0 Å². The van der Waals surface area contributed by atoms with E-state index in [-0.39, 0.29) is 0 Å². The van der Waals surface area contributed by atoms with Gasteiger partial charge in [-0.15, -0.1) is 0 Å². The zero-order chi connectivity index (χ0) is 13.1. The summed E-state index contributed by atoms with van der Waals surface area (Å²) in [4.78, 5) is 11.3. The first-order valence-electron chi connectivity index (χ1n) is 6.05. The lowest BCUT2D eigenvalue weighted by atomic mass is 9.94. The van der Waals surface area contributed by atoms with Crippen LogP contribution in [0.4, 0.5) is 0 Å². The molecule has 18 heavy (non-hydrogen) atoms. The third-order valence-electron chi connectivity index (χ3n) is 3.16. The fraction of sp³-hybridized carbons (Fsp3) is 0.188. The third kappa shape index (κ3) is 2.28. The highest BCUT2D eigenvalue weighted by molar-refractivity contribution is 5.96. The van der Waals surface area contributed by atoms with Crippen LogP contribution in [0.15, 0.2) is 42.5 Å². The summed E-state index contributed by atoms with van der Waals surface area (Å²) in [6, 6.07) is 13.4. The molecule has 0 aliphatic carbocycles. The lowest BCUT2D eigenvalue weighted by Gasteiger charge is -2.11. The Balaban J connectivity index is 2.68. The van der Waals surface area contributed by atoms with E-state index < -0.39 is 5.97 Å². The number of rotatable bonds is 3. The summed E-state index contributed by atoms with van der Waals surface area (Å²) in [7, 11) is 0. The summed E-state index contributed by atoms with van der Waals surface area (Å²) in [5.41, 5.74) is 4.40. The van der Waals surface area contributed by atoms with Gasteiger partial charge in [-0.2, -0.15) is 0 Å². The number of aryl methyl sites for hydroxylation is 2. The summed E-state index contributed by atoms with van der Waals surface area (Å²) in [6.45, 7) is 4.07. The zero-order valence-electron chi connectivity index (χ0n) is 10.6. The van der Waals surface area contributed by atoms with Crippen LogP contribution < -0.4 is 0 Å². The molecule has 0 aliphatic rings. The Kier molecular flexibility index (Phi) is 3.47. The van der Waals surface area contributed by atoms with E-state index in [0.29, 0.717) is 5.56 Å². The highest BCUT2D eigenvalue weighted by Crippen LogP contribution is 2.28. The molecule has 2 nitrogen and oxygen atoms in total. The quantitative estimate of drug-likeness (QED) is 0.882. The Morgan fingerprint density at radius 1 is 1.11 bits per heavy atom. The molecule has 0 fully saturated rings. The number of hydrogen-bond acceptors (Lipinski definition) is 1. The maximum absolute atomic E-state index is 11.3. The molecule has 0 aliphatic heterocycles. The molecule has 0 saturated heterocycles. The van der Waals surface area contributed by atoms with Crippen molar-refractivity contribution in [3.8, 4) is 11.1 Å². The minimum Gasteiger partial charge on any atom is -0.478 e. The molecule has 2 heteroatoms. The van der Waals surface area contributed by atoms with Gasteiger partial charge in [0.15, 0.2) is 0 Å². The normalized spacial score (nSPS) is 10.3. The number of aromatic carboxylic acids is 1. The Morgan fingerprint density at radius 3 is 2.44 bits per heavy atom. The molecule has 0 atom stereocenters. The van der Waals surface area contributed by atoms with Gasteiger partial charge in [-0.05, 0) is 41.7 Å². The van der Waals surface area contributed by atoms with E-state index in [4.69, 9.17) is 0 Å². The molecule has 92 valence electrons. The fourth-order valence-electron chi connectivity index (χ4n) is 2.10. The molecule has 0 bridgehead atoms. The second-order valence-electron chi connectivity index (χ2n) is 4.35. The van der Waals surface area contributed by atoms with Crippen molar-refractivity contribution < 1.29 is 9.90 Å². The molecule has 0 heterocycles. The van der Waals surface area contributed by atoms with E-state index in [1.807, 2.05) is 43.3 Å². The second-order valence-corrected chi connectivity index (χ2v) is 4.35. The van der Waals surface area contributed by atoms with E-state index in [9.17, 15) is 9.90 Å². The molecular weight excluding hydrogens is 224 g/mol. The molecule has 0 aromatic heterocycles. The average Bonchev–Trinajstić information content (AvgIpc) is 2.38. The Labute approximate surface area is 107 Å². The van der Waals surface area contributed by atoms with E-state index in [2.05, 4.69) is 6.92 Å².